The molecule has 1 saturated heterocycles. The second-order valence-electron chi connectivity index (χ2n) is 7.51. The van der Waals surface area contributed by atoms with Gasteiger partial charge in [-0.3, -0.25) is 0 Å². The minimum atomic E-state index is -4.16. The lowest BCUT2D eigenvalue weighted by Crippen LogP contribution is -3.27. The van der Waals surface area contributed by atoms with Crippen molar-refractivity contribution in [2.75, 3.05) is 39.8 Å². The Hall–Kier alpha value is -1.87. The zero-order chi connectivity index (χ0) is 20.3. The number of aryl methyl sites for hydroxylation is 1. The lowest BCUT2D eigenvalue weighted by Gasteiger charge is -2.33. The summed E-state index contributed by atoms with van der Waals surface area (Å²) in [5.41, 5.74) is 2.16. The predicted molar refractivity (Wildman–Crippen MR) is 103 cm³/mol. The molecule has 0 amide bonds. The first-order valence-electron chi connectivity index (χ1n) is 9.43. The largest absolute Gasteiger partial charge is 0.328 e. The Morgan fingerprint density at radius 3 is 2.32 bits per heavy atom. The van der Waals surface area contributed by atoms with Crippen molar-refractivity contribution in [2.45, 2.75) is 17.9 Å². The summed E-state index contributed by atoms with van der Waals surface area (Å²) in [6, 6.07) is 10.4. The van der Waals surface area contributed by atoms with E-state index in [9.17, 15) is 17.2 Å². The van der Waals surface area contributed by atoms with Gasteiger partial charge in [-0.1, -0.05) is 29.8 Å². The van der Waals surface area contributed by atoms with Gasteiger partial charge >= 0.3 is 0 Å². The summed E-state index contributed by atoms with van der Waals surface area (Å²) in [6.07, 6.45) is 0. The van der Waals surface area contributed by atoms with Crippen LogP contribution in [0.4, 0.5) is 8.78 Å². The van der Waals surface area contributed by atoms with Crippen LogP contribution in [0.15, 0.2) is 47.4 Å². The van der Waals surface area contributed by atoms with Gasteiger partial charge in [0.25, 0.3) is 0 Å². The van der Waals surface area contributed by atoms with Gasteiger partial charge in [-0.2, -0.15) is 0 Å². The topological polar surface area (TPSA) is 55.0 Å². The third-order valence-electron chi connectivity index (χ3n) is 5.38. The minimum absolute atomic E-state index is 0.0971. The summed E-state index contributed by atoms with van der Waals surface area (Å²) < 4.78 is 55.1. The van der Waals surface area contributed by atoms with E-state index in [0.717, 1.165) is 49.4 Å². The molecule has 1 aliphatic rings. The quantitative estimate of drug-likeness (QED) is 0.612. The van der Waals surface area contributed by atoms with Crippen molar-refractivity contribution in [3.63, 3.8) is 0 Å². The molecule has 2 aromatic carbocycles. The van der Waals surface area contributed by atoms with Crippen molar-refractivity contribution in [1.29, 1.82) is 0 Å². The summed E-state index contributed by atoms with van der Waals surface area (Å²) in [7, 11) is -2.01. The molecule has 5 nitrogen and oxygen atoms in total. The Labute approximate surface area is 165 Å². The molecular weight excluding hydrogens is 384 g/mol. The molecule has 0 saturated carbocycles. The second kappa shape index (κ2) is 8.65. The highest BCUT2D eigenvalue weighted by Crippen LogP contribution is 2.17. The SMILES string of the molecule is Cc1ccc([C@H](CNS(=O)(=O)c2cc(F)ccc2F)[NH+]2CC[NH+](C)CC2)cc1. The number of quaternary nitrogens is 2. The number of rotatable bonds is 6. The van der Waals surface area contributed by atoms with E-state index in [1.165, 1.54) is 9.80 Å². The van der Waals surface area contributed by atoms with E-state index < -0.39 is 26.6 Å². The number of sulfonamides is 1. The molecule has 0 unspecified atom stereocenters. The van der Waals surface area contributed by atoms with Crippen LogP contribution in [0.3, 0.4) is 0 Å². The lowest BCUT2D eigenvalue weighted by atomic mass is 10.0. The van der Waals surface area contributed by atoms with E-state index in [1.54, 1.807) is 0 Å². The Kier molecular flexibility index (Phi) is 6.44. The molecule has 8 heteroatoms. The van der Waals surface area contributed by atoms with Gasteiger partial charge in [-0.25, -0.2) is 21.9 Å². The normalized spacial score (nSPS) is 21.4. The third-order valence-corrected chi connectivity index (χ3v) is 6.82. The number of piperazine rings is 1. The van der Waals surface area contributed by atoms with Crippen molar-refractivity contribution in [2.24, 2.45) is 0 Å². The maximum absolute atomic E-state index is 14.0. The average Bonchev–Trinajstić information content (AvgIpc) is 2.66. The third kappa shape index (κ3) is 4.94. The zero-order valence-electron chi connectivity index (χ0n) is 16.1. The molecule has 1 atom stereocenters. The number of halogens is 2. The Morgan fingerprint density at radius 1 is 1.04 bits per heavy atom. The highest BCUT2D eigenvalue weighted by atomic mass is 32.2. The molecule has 1 aliphatic heterocycles. The molecule has 2 aromatic rings. The van der Waals surface area contributed by atoms with Crippen LogP contribution in [0.25, 0.3) is 0 Å². The summed E-state index contributed by atoms with van der Waals surface area (Å²) >= 11 is 0. The summed E-state index contributed by atoms with van der Waals surface area (Å²) in [5.74, 6) is -1.75. The van der Waals surface area contributed by atoms with Crippen LogP contribution in [0.1, 0.15) is 17.2 Å². The van der Waals surface area contributed by atoms with Crippen LogP contribution in [-0.4, -0.2) is 48.2 Å². The number of hydrogen-bond donors (Lipinski definition) is 3. The number of benzene rings is 2. The molecule has 0 spiro atoms. The lowest BCUT2D eigenvalue weighted by molar-refractivity contribution is -1.02. The summed E-state index contributed by atoms with van der Waals surface area (Å²) in [6.45, 7) is 5.96. The molecule has 0 aliphatic carbocycles. The molecule has 28 heavy (non-hydrogen) atoms. The van der Waals surface area contributed by atoms with Crippen molar-refractivity contribution >= 4 is 10.0 Å². The molecule has 0 bridgehead atoms. The van der Waals surface area contributed by atoms with E-state index in [1.807, 2.05) is 31.2 Å². The standard InChI is InChI=1S/C20H25F2N3O2S/c1-15-3-5-16(6-4-15)19(25-11-9-24(2)10-12-25)14-23-28(26,27)20-13-17(21)7-8-18(20)22/h3-8,13,19,23H,9-12,14H2,1-2H3/p+2/t19-/m0/s1. The maximum Gasteiger partial charge on any atom is 0.243 e. The van der Waals surface area contributed by atoms with Gasteiger partial charge in [-0.15, -0.1) is 0 Å². The average molecular weight is 412 g/mol. The fourth-order valence-electron chi connectivity index (χ4n) is 3.60. The minimum Gasteiger partial charge on any atom is -0.328 e. The molecule has 3 N–H and O–H groups in total. The van der Waals surface area contributed by atoms with Crippen molar-refractivity contribution in [3.05, 3.63) is 65.2 Å². The van der Waals surface area contributed by atoms with Gasteiger partial charge in [0, 0.05) is 5.56 Å². The van der Waals surface area contributed by atoms with E-state index >= 15 is 0 Å². The Morgan fingerprint density at radius 2 is 1.68 bits per heavy atom. The Bertz CT molecular complexity index is 912. The van der Waals surface area contributed by atoms with E-state index in [2.05, 4.69) is 11.8 Å². The molecule has 1 heterocycles. The van der Waals surface area contributed by atoms with Crippen LogP contribution in [-0.2, 0) is 10.0 Å². The predicted octanol–water partition coefficient (Wildman–Crippen LogP) is -0.294. The van der Waals surface area contributed by atoms with Gasteiger partial charge < -0.3 is 9.80 Å². The van der Waals surface area contributed by atoms with Gasteiger partial charge in [-0.05, 0) is 25.1 Å². The fourth-order valence-corrected chi connectivity index (χ4v) is 4.73. The highest BCUT2D eigenvalue weighted by molar-refractivity contribution is 7.89. The van der Waals surface area contributed by atoms with E-state index in [4.69, 9.17) is 0 Å². The molecule has 1 fully saturated rings. The monoisotopic (exact) mass is 411 g/mol. The van der Waals surface area contributed by atoms with Crippen LogP contribution in [0, 0.1) is 18.6 Å². The van der Waals surface area contributed by atoms with E-state index in [-0.39, 0.29) is 12.6 Å². The highest BCUT2D eigenvalue weighted by Gasteiger charge is 2.31. The van der Waals surface area contributed by atoms with Crippen molar-refractivity contribution in [1.82, 2.24) is 4.72 Å². The van der Waals surface area contributed by atoms with Crippen LogP contribution in [0.5, 0.6) is 0 Å². The fraction of sp³-hybridized carbons (Fsp3) is 0.400. The molecule has 152 valence electrons. The smallest absolute Gasteiger partial charge is 0.243 e. The van der Waals surface area contributed by atoms with Crippen LogP contribution in [0.2, 0.25) is 0 Å². The molecule has 0 radical (unpaired) electrons. The van der Waals surface area contributed by atoms with Gasteiger partial charge in [0.1, 0.15) is 48.8 Å². The van der Waals surface area contributed by atoms with Crippen molar-refractivity contribution < 1.29 is 27.0 Å². The molecule has 0 aromatic heterocycles. The summed E-state index contributed by atoms with van der Waals surface area (Å²) in [5, 5.41) is 0. The second-order valence-corrected chi connectivity index (χ2v) is 9.24. The van der Waals surface area contributed by atoms with Crippen molar-refractivity contribution in [3.8, 4) is 0 Å². The number of likely N-dealkylation sites (N-methyl/N-ethyl adjacent to an activating group) is 1. The first-order valence-corrected chi connectivity index (χ1v) is 10.9. The van der Waals surface area contributed by atoms with E-state index in [0.29, 0.717) is 6.07 Å². The first-order chi connectivity index (χ1) is 13.3. The maximum atomic E-state index is 14.0. The van der Waals surface area contributed by atoms with Gasteiger partial charge in [0.05, 0.1) is 13.6 Å². The molecular formula is C20H27F2N3O2S+2. The number of nitrogens with one attached hydrogen (secondary N) is 3. The zero-order valence-corrected chi connectivity index (χ0v) is 17.0. The Balaban J connectivity index is 1.83. The van der Waals surface area contributed by atoms with Gasteiger partial charge in [0.15, 0.2) is 0 Å². The molecule has 3 rings (SSSR count). The van der Waals surface area contributed by atoms with Crippen LogP contribution < -0.4 is 14.5 Å². The first kappa shape index (κ1) is 20.9. The number of hydrogen-bond acceptors (Lipinski definition) is 2. The van der Waals surface area contributed by atoms with Crippen LogP contribution >= 0.6 is 0 Å². The van der Waals surface area contributed by atoms with Gasteiger partial charge in [0.2, 0.25) is 10.0 Å². The summed E-state index contributed by atoms with van der Waals surface area (Å²) in [4.78, 5) is 2.08.